The van der Waals surface area contributed by atoms with Crippen LogP contribution < -0.4 is 4.74 Å². The van der Waals surface area contributed by atoms with Gasteiger partial charge in [-0.15, -0.1) is 0 Å². The summed E-state index contributed by atoms with van der Waals surface area (Å²) >= 11 is 0. The molecule has 0 aromatic heterocycles. The van der Waals surface area contributed by atoms with Crippen LogP contribution in [0.15, 0.2) is 71.4 Å². The van der Waals surface area contributed by atoms with Crippen LogP contribution in [-0.2, 0) is 15.7 Å². The highest BCUT2D eigenvalue weighted by atomic mass is 19.4. The fraction of sp³-hybridized carbons (Fsp3) is 0.0833. The van der Waals surface area contributed by atoms with Crippen LogP contribution in [0.3, 0.4) is 0 Å². The Bertz CT molecular complexity index is 1510. The van der Waals surface area contributed by atoms with Crippen LogP contribution in [-0.4, -0.2) is 21.7 Å². The molecule has 0 saturated heterocycles. The van der Waals surface area contributed by atoms with Crippen molar-refractivity contribution in [2.75, 3.05) is 0 Å². The van der Waals surface area contributed by atoms with Gasteiger partial charge in [0.05, 0.1) is 15.4 Å². The standard InChI is InChI=1S/C24H14F3N3O7/c1-13-6-7-15(11-18(13)29(32)33)22-28-17(23(31)37-22)10-14-4-2-3-5-20(14)36-21-9-8-16(24(25,26)27)12-19(21)30(34)35/h2-12H,1H3/b17-10-. The van der Waals surface area contributed by atoms with E-state index >= 15 is 0 Å². The highest BCUT2D eigenvalue weighted by Crippen LogP contribution is 2.39. The maximum absolute atomic E-state index is 13.0. The van der Waals surface area contributed by atoms with Crippen LogP contribution in [0.25, 0.3) is 6.08 Å². The Morgan fingerprint density at radius 3 is 2.32 bits per heavy atom. The second kappa shape index (κ2) is 9.53. The lowest BCUT2D eigenvalue weighted by Crippen LogP contribution is -2.06. The van der Waals surface area contributed by atoms with Crippen LogP contribution >= 0.6 is 0 Å². The van der Waals surface area contributed by atoms with Gasteiger partial charge < -0.3 is 9.47 Å². The Labute approximate surface area is 205 Å². The van der Waals surface area contributed by atoms with Gasteiger partial charge in [0.2, 0.25) is 11.6 Å². The van der Waals surface area contributed by atoms with E-state index in [0.717, 1.165) is 6.07 Å². The monoisotopic (exact) mass is 513 g/mol. The molecule has 0 fully saturated rings. The molecule has 13 heteroatoms. The summed E-state index contributed by atoms with van der Waals surface area (Å²) in [4.78, 5) is 37.5. The summed E-state index contributed by atoms with van der Waals surface area (Å²) in [6.07, 6.45) is -3.54. The molecular weight excluding hydrogens is 499 g/mol. The first-order chi connectivity index (χ1) is 17.4. The zero-order chi connectivity index (χ0) is 26.9. The molecule has 1 aliphatic rings. The predicted molar refractivity (Wildman–Crippen MR) is 123 cm³/mol. The summed E-state index contributed by atoms with van der Waals surface area (Å²) in [6, 6.07) is 12.0. The fourth-order valence-electron chi connectivity index (χ4n) is 3.35. The van der Waals surface area contributed by atoms with Gasteiger partial charge >= 0.3 is 17.8 Å². The number of hydrogen-bond acceptors (Lipinski definition) is 8. The van der Waals surface area contributed by atoms with Crippen LogP contribution in [0.1, 0.15) is 22.3 Å². The smallest absolute Gasteiger partial charge is 0.416 e. The minimum Gasteiger partial charge on any atom is -0.449 e. The molecule has 0 N–H and O–H groups in total. The molecule has 0 atom stereocenters. The third-order valence-electron chi connectivity index (χ3n) is 5.19. The zero-order valence-corrected chi connectivity index (χ0v) is 18.7. The number of benzene rings is 3. The van der Waals surface area contributed by atoms with E-state index in [4.69, 9.17) is 9.47 Å². The number of nitro groups is 2. The number of aryl methyl sites for hydroxylation is 1. The predicted octanol–water partition coefficient (Wildman–Crippen LogP) is 5.97. The average Bonchev–Trinajstić information content (AvgIpc) is 3.19. The maximum Gasteiger partial charge on any atom is 0.416 e. The topological polar surface area (TPSA) is 134 Å². The van der Waals surface area contributed by atoms with Crippen LogP contribution in [0, 0.1) is 27.2 Å². The summed E-state index contributed by atoms with van der Waals surface area (Å²) in [5, 5.41) is 22.6. The van der Waals surface area contributed by atoms with Crippen molar-refractivity contribution in [3.63, 3.8) is 0 Å². The minimum atomic E-state index is -4.79. The molecule has 0 aliphatic carbocycles. The lowest BCUT2D eigenvalue weighted by Gasteiger charge is -2.11. The number of hydrogen-bond donors (Lipinski definition) is 0. The van der Waals surface area contributed by atoms with E-state index in [0.29, 0.717) is 17.7 Å². The quantitative estimate of drug-likeness (QED) is 0.172. The van der Waals surface area contributed by atoms with E-state index < -0.39 is 39.0 Å². The Hall–Kier alpha value is -5.07. The van der Waals surface area contributed by atoms with E-state index in [2.05, 4.69) is 4.99 Å². The highest BCUT2D eigenvalue weighted by Gasteiger charge is 2.33. The largest absolute Gasteiger partial charge is 0.449 e. The molecule has 3 aromatic rings. The maximum atomic E-state index is 13.0. The lowest BCUT2D eigenvalue weighted by molar-refractivity contribution is -0.385. The van der Waals surface area contributed by atoms with Crippen molar-refractivity contribution in [3.8, 4) is 11.5 Å². The second-order valence-electron chi connectivity index (χ2n) is 7.67. The molecule has 37 heavy (non-hydrogen) atoms. The molecule has 4 rings (SSSR count). The van der Waals surface area contributed by atoms with Crippen LogP contribution in [0.5, 0.6) is 11.5 Å². The molecule has 0 spiro atoms. The Morgan fingerprint density at radius 1 is 0.946 bits per heavy atom. The molecule has 3 aromatic carbocycles. The van der Waals surface area contributed by atoms with Gasteiger partial charge in [-0.1, -0.05) is 24.3 Å². The van der Waals surface area contributed by atoms with E-state index in [9.17, 15) is 38.2 Å². The highest BCUT2D eigenvalue weighted by molar-refractivity contribution is 6.13. The van der Waals surface area contributed by atoms with E-state index in [1.165, 1.54) is 42.5 Å². The number of nitrogens with zero attached hydrogens (tertiary/aromatic N) is 3. The van der Waals surface area contributed by atoms with Gasteiger partial charge in [0, 0.05) is 28.8 Å². The summed E-state index contributed by atoms with van der Waals surface area (Å²) < 4.78 is 49.7. The summed E-state index contributed by atoms with van der Waals surface area (Å²) in [5.74, 6) is -1.50. The number of cyclic esters (lactones) is 1. The number of carbonyl (C=O) groups is 1. The van der Waals surface area contributed by atoms with Gasteiger partial charge in [-0.3, -0.25) is 20.2 Å². The van der Waals surface area contributed by atoms with Gasteiger partial charge in [0.1, 0.15) is 5.75 Å². The first-order valence-corrected chi connectivity index (χ1v) is 10.3. The normalized spacial score (nSPS) is 14.3. The molecule has 10 nitrogen and oxygen atoms in total. The van der Waals surface area contributed by atoms with Gasteiger partial charge in [-0.2, -0.15) is 13.2 Å². The van der Waals surface area contributed by atoms with Crippen LogP contribution in [0.4, 0.5) is 24.5 Å². The number of esters is 1. The Kier molecular flexibility index (Phi) is 6.45. The molecule has 0 radical (unpaired) electrons. The fourth-order valence-corrected chi connectivity index (χ4v) is 3.35. The summed E-state index contributed by atoms with van der Waals surface area (Å²) in [6.45, 7) is 1.55. The minimum absolute atomic E-state index is 0.0136. The summed E-state index contributed by atoms with van der Waals surface area (Å²) in [5.41, 5.74) is -1.70. The zero-order valence-electron chi connectivity index (χ0n) is 18.7. The number of rotatable bonds is 6. The third-order valence-corrected chi connectivity index (χ3v) is 5.19. The molecule has 0 bridgehead atoms. The number of carbonyl (C=O) groups excluding carboxylic acids is 1. The molecule has 0 amide bonds. The van der Waals surface area contributed by atoms with E-state index in [1.807, 2.05) is 0 Å². The third kappa shape index (κ3) is 5.29. The number of ether oxygens (including phenoxy) is 2. The molecular formula is C24H14F3N3O7. The van der Waals surface area contributed by atoms with E-state index in [1.54, 1.807) is 13.0 Å². The van der Waals surface area contributed by atoms with Crippen molar-refractivity contribution in [2.24, 2.45) is 4.99 Å². The number of aliphatic imine (C=N–C) groups is 1. The summed E-state index contributed by atoms with van der Waals surface area (Å²) in [7, 11) is 0. The number of nitro benzene ring substituents is 2. The van der Waals surface area contributed by atoms with Crippen molar-refractivity contribution in [1.82, 2.24) is 0 Å². The average molecular weight is 513 g/mol. The van der Waals surface area contributed by atoms with Gasteiger partial charge in [0.25, 0.3) is 5.69 Å². The van der Waals surface area contributed by atoms with Crippen molar-refractivity contribution >= 4 is 29.3 Å². The Balaban J connectivity index is 1.69. The molecule has 0 unspecified atom stereocenters. The SMILES string of the molecule is Cc1ccc(C2=N/C(=C\c3ccccc3Oc3ccc(C(F)(F)F)cc3[N+](=O)[O-])C(=O)O2)cc1[N+](=O)[O-]. The molecule has 1 aliphatic heterocycles. The van der Waals surface area contributed by atoms with E-state index in [-0.39, 0.29) is 34.2 Å². The van der Waals surface area contributed by atoms with Crippen molar-refractivity contribution in [1.29, 1.82) is 0 Å². The first kappa shape index (κ1) is 25.0. The second-order valence-corrected chi connectivity index (χ2v) is 7.67. The number of alkyl halides is 3. The molecule has 0 saturated carbocycles. The lowest BCUT2D eigenvalue weighted by atomic mass is 10.1. The molecule has 1 heterocycles. The van der Waals surface area contributed by atoms with Crippen molar-refractivity contribution < 1.29 is 37.3 Å². The first-order valence-electron chi connectivity index (χ1n) is 10.3. The number of para-hydroxylation sites is 1. The van der Waals surface area contributed by atoms with Crippen molar-refractivity contribution in [2.45, 2.75) is 13.1 Å². The van der Waals surface area contributed by atoms with Gasteiger partial charge in [-0.25, -0.2) is 9.79 Å². The van der Waals surface area contributed by atoms with Gasteiger partial charge in [-0.05, 0) is 37.3 Å². The van der Waals surface area contributed by atoms with Gasteiger partial charge in [0.15, 0.2) is 5.70 Å². The van der Waals surface area contributed by atoms with Crippen LogP contribution in [0.2, 0.25) is 0 Å². The van der Waals surface area contributed by atoms with Crippen molar-refractivity contribution in [3.05, 3.63) is 109 Å². The molecule has 188 valence electrons. The Morgan fingerprint density at radius 2 is 1.65 bits per heavy atom. The number of halogens is 3.